The molecule has 70 heavy (non-hydrogen) atoms. The molecule has 0 bridgehead atoms. The second kappa shape index (κ2) is 20.9. The van der Waals surface area contributed by atoms with Crippen LogP contribution in [0.5, 0.6) is 0 Å². The first-order valence-corrected chi connectivity index (χ1v) is 22.4. The highest BCUT2D eigenvalue weighted by Gasteiger charge is 2.78. The molecule has 10 nitrogen and oxygen atoms in total. The quantitative estimate of drug-likeness (QED) is 0.127. The summed E-state index contributed by atoms with van der Waals surface area (Å²) in [4.78, 5) is 47.5. The second-order valence-electron chi connectivity index (χ2n) is 19.7. The van der Waals surface area contributed by atoms with Gasteiger partial charge in [0.2, 0.25) is 6.10 Å². The monoisotopic (exact) mass is 1020 g/mol. The van der Waals surface area contributed by atoms with Crippen molar-refractivity contribution in [3.8, 4) is 11.1 Å². The predicted molar refractivity (Wildman–Crippen MR) is 227 cm³/mol. The zero-order valence-corrected chi connectivity index (χ0v) is 40.3. The van der Waals surface area contributed by atoms with Crippen molar-refractivity contribution in [3.63, 3.8) is 0 Å². The molecule has 1 saturated carbocycles. The third-order valence-corrected chi connectivity index (χ3v) is 13.8. The van der Waals surface area contributed by atoms with Crippen LogP contribution in [0.1, 0.15) is 125 Å². The fourth-order valence-corrected chi connectivity index (χ4v) is 7.76. The van der Waals surface area contributed by atoms with Crippen LogP contribution >= 0.6 is 0 Å². The normalized spacial score (nSPS) is 20.9. The summed E-state index contributed by atoms with van der Waals surface area (Å²) in [5.41, 5.74) is -10.2. The van der Waals surface area contributed by atoms with Crippen LogP contribution in [0.25, 0.3) is 11.1 Å². The Labute approximate surface area is 397 Å². The van der Waals surface area contributed by atoms with Gasteiger partial charge >= 0.3 is 48.6 Å². The Morgan fingerprint density at radius 2 is 0.929 bits per heavy atom. The standard InChI is InChI=1S/C20H22O2.C18H22F12O4.C10H16O4/c1-5-19(2,3)18(21)22-20(4)16-12-8-6-10-14(16)15-11-7-9-13-17(15)20;1-4-12(2,3)11(31)34-10-6-8(13(32,15(19,20)21)16(22,23)24)5-9(7-10)14(33,17(25,26)27)18(28,29)30;1-4-10(2,3)9(12)14-7-5-6-13-8(7)11/h6-13H,5H2,1-4H3;8-10,32-33H,4-7H2,1-3H3;7H,4-6H2,1-3H3. The molecule has 396 valence electrons. The third-order valence-electron chi connectivity index (χ3n) is 13.8. The Balaban J connectivity index is 0.000000305. The Bertz CT molecular complexity index is 2060. The molecule has 0 aromatic heterocycles. The van der Waals surface area contributed by atoms with Crippen LogP contribution in [0, 0.1) is 28.1 Å². The summed E-state index contributed by atoms with van der Waals surface area (Å²) in [6.07, 6.45) is -32.8. The van der Waals surface area contributed by atoms with Gasteiger partial charge in [0, 0.05) is 29.4 Å². The lowest BCUT2D eigenvalue weighted by Crippen LogP contribution is -2.67. The van der Waals surface area contributed by atoms with Crippen molar-refractivity contribution in [2.75, 3.05) is 6.61 Å². The lowest BCUT2D eigenvalue weighted by atomic mass is 9.65. The van der Waals surface area contributed by atoms with E-state index in [1.165, 1.54) is 20.8 Å². The molecule has 5 rings (SSSR count). The summed E-state index contributed by atoms with van der Waals surface area (Å²) >= 11 is 0. The number of rotatable bonds is 11. The molecular formula is C48H60F12O10. The number of hydrogen-bond donors (Lipinski definition) is 2. The topological polar surface area (TPSA) is 146 Å². The number of fused-ring (bicyclic) bond motifs is 3. The van der Waals surface area contributed by atoms with Crippen molar-refractivity contribution in [2.45, 2.75) is 168 Å². The molecule has 2 aromatic rings. The van der Waals surface area contributed by atoms with Gasteiger partial charge in [-0.15, -0.1) is 0 Å². The van der Waals surface area contributed by atoms with E-state index in [1.54, 1.807) is 13.8 Å². The first-order chi connectivity index (χ1) is 31.6. The zero-order chi connectivity index (χ0) is 54.1. The molecule has 0 radical (unpaired) electrons. The molecule has 0 amide bonds. The number of halogens is 12. The molecule has 1 aliphatic heterocycles. The van der Waals surface area contributed by atoms with E-state index in [0.717, 1.165) is 28.7 Å². The maximum atomic E-state index is 13.3. The van der Waals surface area contributed by atoms with Crippen LogP contribution in [0.2, 0.25) is 0 Å². The van der Waals surface area contributed by atoms with Gasteiger partial charge in [0.1, 0.15) is 6.10 Å². The maximum Gasteiger partial charge on any atom is 0.426 e. The molecule has 2 aromatic carbocycles. The van der Waals surface area contributed by atoms with Gasteiger partial charge in [-0.2, -0.15) is 52.7 Å². The van der Waals surface area contributed by atoms with Crippen molar-refractivity contribution in [3.05, 3.63) is 59.7 Å². The van der Waals surface area contributed by atoms with Crippen molar-refractivity contribution in [1.29, 1.82) is 0 Å². The molecule has 1 saturated heterocycles. The van der Waals surface area contributed by atoms with Gasteiger partial charge in [0.05, 0.1) is 22.9 Å². The first kappa shape index (κ1) is 59.7. The summed E-state index contributed by atoms with van der Waals surface area (Å²) in [7, 11) is 0. The fraction of sp³-hybridized carbons (Fsp3) is 0.667. The van der Waals surface area contributed by atoms with Gasteiger partial charge in [0.15, 0.2) is 5.60 Å². The number of hydrogen-bond acceptors (Lipinski definition) is 10. The molecular weight excluding hydrogens is 964 g/mol. The number of cyclic esters (lactones) is 1. The summed E-state index contributed by atoms with van der Waals surface area (Å²) in [5.74, 6) is -8.96. The van der Waals surface area contributed by atoms with Crippen LogP contribution in [0.3, 0.4) is 0 Å². The van der Waals surface area contributed by atoms with E-state index in [1.807, 2.05) is 58.9 Å². The third kappa shape index (κ3) is 12.0. The van der Waals surface area contributed by atoms with E-state index in [9.17, 15) is 82.1 Å². The average molecular weight is 1020 g/mol. The first-order valence-electron chi connectivity index (χ1n) is 22.4. The number of carbonyl (C=O) groups is 4. The zero-order valence-electron chi connectivity index (χ0n) is 40.3. The van der Waals surface area contributed by atoms with Crippen LogP contribution in [-0.4, -0.2) is 88.8 Å². The van der Waals surface area contributed by atoms with Crippen molar-refractivity contribution < 1.29 is 101 Å². The van der Waals surface area contributed by atoms with Crippen LogP contribution in [0.15, 0.2) is 48.5 Å². The Hall–Kier alpha value is -4.60. The molecule has 3 unspecified atom stereocenters. The minimum atomic E-state index is -6.58. The van der Waals surface area contributed by atoms with Crippen LogP contribution in [-0.2, 0) is 43.7 Å². The van der Waals surface area contributed by atoms with Crippen molar-refractivity contribution in [2.24, 2.45) is 28.1 Å². The minimum absolute atomic E-state index is 0.0184. The van der Waals surface area contributed by atoms with E-state index in [4.69, 9.17) is 18.9 Å². The van der Waals surface area contributed by atoms with Gasteiger partial charge in [-0.05, 0) is 98.1 Å². The van der Waals surface area contributed by atoms with Gasteiger partial charge in [-0.25, -0.2) is 4.79 Å². The minimum Gasteiger partial charge on any atom is -0.463 e. The van der Waals surface area contributed by atoms with Crippen LogP contribution < -0.4 is 0 Å². The molecule has 22 heteroatoms. The maximum absolute atomic E-state index is 13.3. The highest BCUT2D eigenvalue weighted by molar-refractivity contribution is 5.84. The van der Waals surface area contributed by atoms with E-state index in [2.05, 4.69) is 24.3 Å². The summed E-state index contributed by atoms with van der Waals surface area (Å²) in [6, 6.07) is 16.4. The Morgan fingerprint density at radius 3 is 1.26 bits per heavy atom. The van der Waals surface area contributed by atoms with Gasteiger partial charge in [0.25, 0.3) is 11.2 Å². The molecule has 1 heterocycles. The van der Waals surface area contributed by atoms with E-state index >= 15 is 0 Å². The molecule has 0 spiro atoms. The van der Waals surface area contributed by atoms with E-state index in [0.29, 0.717) is 19.4 Å². The van der Waals surface area contributed by atoms with E-state index in [-0.39, 0.29) is 18.4 Å². The number of carbonyl (C=O) groups excluding carboxylic acids is 4. The fourth-order valence-electron chi connectivity index (χ4n) is 7.76. The number of aliphatic hydroxyl groups is 2. The highest BCUT2D eigenvalue weighted by Crippen LogP contribution is 2.58. The number of alkyl halides is 12. The molecule has 2 fully saturated rings. The SMILES string of the molecule is CCC(C)(C)C(=O)OC1(C)c2ccccc2-c2ccccc21.CCC(C)(C)C(=O)OC1CC(C(O)(C(F)(F)F)C(F)(F)F)CC(C(O)(C(F)(F)F)C(F)(F)F)C1.CCC(C)(C)C(=O)OC1CCOC1=O. The highest BCUT2D eigenvalue weighted by atomic mass is 19.4. The van der Waals surface area contributed by atoms with Crippen LogP contribution in [0.4, 0.5) is 52.7 Å². The van der Waals surface area contributed by atoms with Crippen molar-refractivity contribution in [1.82, 2.24) is 0 Å². The van der Waals surface area contributed by atoms with Crippen molar-refractivity contribution >= 4 is 23.9 Å². The van der Waals surface area contributed by atoms with Gasteiger partial charge in [-0.3, -0.25) is 14.4 Å². The van der Waals surface area contributed by atoms with E-state index < -0.39 is 113 Å². The van der Waals surface area contributed by atoms with Gasteiger partial charge in [-0.1, -0.05) is 69.3 Å². The lowest BCUT2D eigenvalue weighted by molar-refractivity contribution is -0.405. The van der Waals surface area contributed by atoms with Gasteiger partial charge < -0.3 is 29.2 Å². The smallest absolute Gasteiger partial charge is 0.426 e. The number of esters is 4. The summed E-state index contributed by atoms with van der Waals surface area (Å²) in [5, 5.41) is 19.2. The molecule has 2 aliphatic carbocycles. The Morgan fingerprint density at radius 1 is 0.586 bits per heavy atom. The Kier molecular flexibility index (Phi) is 17.8. The number of ether oxygens (including phenoxy) is 4. The predicted octanol–water partition coefficient (Wildman–Crippen LogP) is 11.7. The molecule has 3 atom stereocenters. The largest absolute Gasteiger partial charge is 0.463 e. The molecule has 2 N–H and O–H groups in total. The molecule has 3 aliphatic rings. The summed E-state index contributed by atoms with van der Waals surface area (Å²) in [6.45, 7) is 17.6. The number of benzene rings is 2. The average Bonchev–Trinajstić information content (AvgIpc) is 3.78. The summed E-state index contributed by atoms with van der Waals surface area (Å²) < 4.78 is 180. The lowest BCUT2D eigenvalue weighted by Gasteiger charge is -2.48. The second-order valence-corrected chi connectivity index (χ2v) is 19.7.